The van der Waals surface area contributed by atoms with Crippen molar-refractivity contribution >= 4 is 22.4 Å². The molecule has 2 atom stereocenters. The van der Waals surface area contributed by atoms with Crippen molar-refractivity contribution in [2.75, 3.05) is 13.2 Å². The van der Waals surface area contributed by atoms with Crippen molar-refractivity contribution in [3.63, 3.8) is 0 Å². The highest BCUT2D eigenvalue weighted by Crippen LogP contribution is 2.45. The van der Waals surface area contributed by atoms with Crippen LogP contribution in [0.3, 0.4) is 0 Å². The zero-order valence-corrected chi connectivity index (χ0v) is 19.5. The fraction of sp³-hybridized carbons (Fsp3) is 0.231. The number of aliphatic carboxylic acids is 1. The van der Waals surface area contributed by atoms with Crippen LogP contribution in [-0.4, -0.2) is 43.6 Å². The number of hydrogen-bond acceptors (Lipinski definition) is 7. The first-order valence-corrected chi connectivity index (χ1v) is 12.6. The summed E-state index contributed by atoms with van der Waals surface area (Å²) in [6.07, 6.45) is -1.41. The first kappa shape index (κ1) is 23.2. The largest absolute Gasteiger partial charge is 0.544 e. The lowest BCUT2D eigenvalue weighted by Crippen LogP contribution is -2.69. The van der Waals surface area contributed by atoms with Gasteiger partial charge in [0.15, 0.2) is 6.04 Å². The lowest BCUT2D eigenvalue weighted by atomic mass is 9.98. The van der Waals surface area contributed by atoms with E-state index in [0.717, 1.165) is 22.3 Å². The molecule has 0 radical (unpaired) electrons. The van der Waals surface area contributed by atoms with Crippen molar-refractivity contribution in [1.82, 2.24) is 0 Å². The summed E-state index contributed by atoms with van der Waals surface area (Å²) in [5.74, 6) is -1.97. The van der Waals surface area contributed by atoms with Gasteiger partial charge in [0, 0.05) is 17.9 Å². The predicted molar refractivity (Wildman–Crippen MR) is 124 cm³/mol. The smallest absolute Gasteiger partial charge is 0.534 e. The molecule has 1 amide bonds. The second-order valence-corrected chi connectivity index (χ2v) is 10.4. The Bertz CT molecular complexity index is 1340. The summed E-state index contributed by atoms with van der Waals surface area (Å²) in [6.45, 7) is -0.970. The molecule has 0 bridgehead atoms. The second-order valence-electron chi connectivity index (χ2n) is 8.62. The molecule has 0 saturated carbocycles. The molecule has 1 aliphatic heterocycles. The van der Waals surface area contributed by atoms with Crippen LogP contribution >= 0.6 is 0 Å². The minimum atomic E-state index is -4.70. The van der Waals surface area contributed by atoms with Gasteiger partial charge in [0.05, 0.1) is 6.61 Å². The highest BCUT2D eigenvalue weighted by Gasteiger charge is 2.61. The van der Waals surface area contributed by atoms with Crippen molar-refractivity contribution in [2.45, 2.75) is 24.9 Å². The number of amides is 1. The topological polar surface area (TPSA) is 110 Å². The number of benzene rings is 3. The summed E-state index contributed by atoms with van der Waals surface area (Å²) in [5.41, 5.74) is 4.37. The Morgan fingerprint density at radius 1 is 0.914 bits per heavy atom. The van der Waals surface area contributed by atoms with E-state index in [2.05, 4.69) is 0 Å². The number of ether oxygens (including phenoxy) is 1. The number of hydrogen-bond donors (Lipinski definition) is 0. The fourth-order valence-corrected chi connectivity index (χ4v) is 6.58. The van der Waals surface area contributed by atoms with Crippen LogP contribution in [0.25, 0.3) is 11.1 Å². The number of rotatable bonds is 5. The first-order valence-electron chi connectivity index (χ1n) is 11.2. The summed E-state index contributed by atoms with van der Waals surface area (Å²) in [5, 5.41) is 12.1. The Labute approximate surface area is 203 Å². The molecule has 8 nitrogen and oxygen atoms in total. The van der Waals surface area contributed by atoms with Crippen molar-refractivity contribution in [1.29, 1.82) is 0 Å². The number of carbonyl (C=O) groups excluding carboxylic acids is 2. The lowest BCUT2D eigenvalue weighted by Gasteiger charge is -2.41. The summed E-state index contributed by atoms with van der Waals surface area (Å²) < 4.78 is 35.5. The quantitative estimate of drug-likeness (QED) is 0.503. The minimum absolute atomic E-state index is 0.156. The van der Waals surface area contributed by atoms with Crippen molar-refractivity contribution in [3.8, 4) is 11.1 Å². The van der Waals surface area contributed by atoms with Gasteiger partial charge in [-0.05, 0) is 22.3 Å². The summed E-state index contributed by atoms with van der Waals surface area (Å²) >= 11 is 0. The molecule has 1 aliphatic carbocycles. The summed E-state index contributed by atoms with van der Waals surface area (Å²) in [6, 6.07) is 22.1. The highest BCUT2D eigenvalue weighted by atomic mass is 32.2. The molecule has 2 unspecified atom stereocenters. The van der Waals surface area contributed by atoms with E-state index in [0.29, 0.717) is 5.56 Å². The van der Waals surface area contributed by atoms with E-state index in [1.807, 2.05) is 48.5 Å². The van der Waals surface area contributed by atoms with Gasteiger partial charge in [0.25, 0.3) is 0 Å². The van der Waals surface area contributed by atoms with E-state index in [1.54, 1.807) is 30.3 Å². The number of fused-ring (bicyclic) bond motifs is 3. The molecule has 180 valence electrons. The van der Waals surface area contributed by atoms with Gasteiger partial charge >= 0.3 is 16.4 Å². The number of carboxylic acids is 1. The maximum Gasteiger partial charge on any atom is 0.534 e. The maximum absolute atomic E-state index is 13.6. The van der Waals surface area contributed by atoms with Crippen LogP contribution in [0.2, 0.25) is 0 Å². The van der Waals surface area contributed by atoms with Crippen molar-refractivity contribution in [3.05, 3.63) is 95.6 Å². The average molecular weight is 494 g/mol. The SMILES string of the molecule is O=C([O-])C1CCOS(=O)(=O)[N+]1(Cc1ccccc1)C(=O)OCC1c2ccccc2-c2ccccc21. The van der Waals surface area contributed by atoms with E-state index in [-0.39, 0.29) is 25.6 Å². The van der Waals surface area contributed by atoms with E-state index in [4.69, 9.17) is 8.92 Å². The average Bonchev–Trinajstić information content (AvgIpc) is 3.17. The Morgan fingerprint density at radius 2 is 1.49 bits per heavy atom. The standard InChI is InChI=1S/C26H23NO7S/c28-25(29)24-14-15-34-35(31,32)27(24,16-18-8-2-1-3-9-18)26(30)33-17-23-21-12-6-4-10-19(21)20-11-5-7-13-22(20)23/h1-13,23-24H,14-17H2. The van der Waals surface area contributed by atoms with Crippen molar-refractivity contribution in [2.24, 2.45) is 0 Å². The molecule has 35 heavy (non-hydrogen) atoms. The van der Waals surface area contributed by atoms with Gasteiger partial charge in [-0.1, -0.05) is 82.8 Å². The van der Waals surface area contributed by atoms with Gasteiger partial charge in [-0.3, -0.25) is 0 Å². The van der Waals surface area contributed by atoms with E-state index in [9.17, 15) is 23.1 Å². The van der Waals surface area contributed by atoms with Gasteiger partial charge in [-0.2, -0.15) is 4.79 Å². The second kappa shape index (κ2) is 8.92. The number of quaternary nitrogens is 1. The number of nitrogens with zero attached hydrogens (tertiary/aromatic N) is 1. The zero-order chi connectivity index (χ0) is 24.6. The molecule has 0 aromatic heterocycles. The van der Waals surface area contributed by atoms with Crippen LogP contribution in [0, 0.1) is 0 Å². The van der Waals surface area contributed by atoms with E-state index in [1.165, 1.54) is 0 Å². The maximum atomic E-state index is 13.6. The third kappa shape index (κ3) is 3.81. The molecule has 0 N–H and O–H groups in total. The molecular formula is C26H23NO7S. The van der Waals surface area contributed by atoms with Gasteiger partial charge < -0.3 is 14.6 Å². The van der Waals surface area contributed by atoms with Crippen LogP contribution < -0.4 is 5.11 Å². The van der Waals surface area contributed by atoms with Gasteiger partial charge in [-0.25, -0.2) is 4.18 Å². The molecule has 5 rings (SSSR count). The highest BCUT2D eigenvalue weighted by molar-refractivity contribution is 7.81. The van der Waals surface area contributed by atoms with Crippen LogP contribution in [0.1, 0.15) is 29.0 Å². The molecule has 9 heteroatoms. The molecule has 1 saturated heterocycles. The van der Waals surface area contributed by atoms with E-state index >= 15 is 0 Å². The van der Waals surface area contributed by atoms with E-state index < -0.39 is 38.8 Å². The Balaban J connectivity index is 1.52. The Hall–Kier alpha value is -3.53. The lowest BCUT2D eigenvalue weighted by molar-refractivity contribution is -0.778. The van der Waals surface area contributed by atoms with Crippen molar-refractivity contribution < 1.29 is 35.9 Å². The summed E-state index contributed by atoms with van der Waals surface area (Å²) in [4.78, 5) is 25.7. The van der Waals surface area contributed by atoms with Crippen LogP contribution in [-0.2, 0) is 30.6 Å². The fourth-order valence-electron chi connectivity index (χ4n) is 5.04. The molecule has 1 fully saturated rings. The first-order chi connectivity index (χ1) is 16.8. The van der Waals surface area contributed by atoms with Crippen LogP contribution in [0.15, 0.2) is 78.9 Å². The molecule has 0 spiro atoms. The zero-order valence-electron chi connectivity index (χ0n) is 18.7. The van der Waals surface area contributed by atoms with Gasteiger partial charge in [-0.15, -0.1) is 8.42 Å². The normalized spacial score (nSPS) is 22.7. The molecule has 2 aliphatic rings. The third-order valence-electron chi connectivity index (χ3n) is 6.70. The van der Waals surface area contributed by atoms with Crippen LogP contribution in [0.5, 0.6) is 0 Å². The molecular weight excluding hydrogens is 470 g/mol. The van der Waals surface area contributed by atoms with Crippen LogP contribution in [0.4, 0.5) is 4.79 Å². The molecule has 3 aromatic rings. The van der Waals surface area contributed by atoms with Gasteiger partial charge in [0.2, 0.25) is 0 Å². The third-order valence-corrected chi connectivity index (χ3v) is 8.50. The summed E-state index contributed by atoms with van der Waals surface area (Å²) in [7, 11) is -4.70. The number of carbonyl (C=O) groups is 2. The monoisotopic (exact) mass is 493 g/mol. The Morgan fingerprint density at radius 3 is 2.09 bits per heavy atom. The predicted octanol–water partition coefficient (Wildman–Crippen LogP) is 2.74. The number of carboxylic acid groups (broad SMARTS) is 1. The molecule has 1 heterocycles. The minimum Gasteiger partial charge on any atom is -0.544 e. The molecule has 3 aromatic carbocycles. The van der Waals surface area contributed by atoms with Gasteiger partial charge in [0.1, 0.15) is 19.1 Å². The Kier molecular flexibility index (Phi) is 5.92.